The van der Waals surface area contributed by atoms with Gasteiger partial charge >= 0.3 is 6.18 Å². The zero-order chi connectivity index (χ0) is 14.8. The Kier molecular flexibility index (Phi) is 6.71. The molecule has 1 heterocycles. The van der Waals surface area contributed by atoms with E-state index in [4.69, 9.17) is 11.6 Å². The first-order valence-electron chi connectivity index (χ1n) is 6.33. The van der Waals surface area contributed by atoms with Crippen molar-refractivity contribution in [3.63, 3.8) is 0 Å². The molecule has 0 amide bonds. The van der Waals surface area contributed by atoms with Crippen molar-refractivity contribution in [1.82, 2.24) is 10.2 Å². The average molecular weight is 347 g/mol. The van der Waals surface area contributed by atoms with Crippen molar-refractivity contribution in [2.24, 2.45) is 0 Å². The van der Waals surface area contributed by atoms with Gasteiger partial charge in [-0.1, -0.05) is 11.6 Å². The van der Waals surface area contributed by atoms with E-state index in [1.54, 1.807) is 4.90 Å². The fourth-order valence-corrected chi connectivity index (χ4v) is 2.67. The van der Waals surface area contributed by atoms with Crippen LogP contribution in [0, 0.1) is 5.82 Å². The van der Waals surface area contributed by atoms with Gasteiger partial charge in [-0.15, -0.1) is 12.4 Å². The van der Waals surface area contributed by atoms with Gasteiger partial charge in [0.25, 0.3) is 0 Å². The van der Waals surface area contributed by atoms with Crippen LogP contribution in [-0.2, 0) is 0 Å². The van der Waals surface area contributed by atoms with Crippen LogP contribution in [0.25, 0.3) is 0 Å². The molecule has 1 atom stereocenters. The smallest absolute Gasteiger partial charge is 0.314 e. The summed E-state index contributed by atoms with van der Waals surface area (Å²) in [7, 11) is 0. The van der Waals surface area contributed by atoms with Crippen LogP contribution in [0.15, 0.2) is 18.2 Å². The van der Waals surface area contributed by atoms with Crippen molar-refractivity contribution in [3.8, 4) is 0 Å². The molecular formula is C13H16Cl2F4N2. The van der Waals surface area contributed by atoms with Gasteiger partial charge in [-0.05, 0) is 23.8 Å². The number of halogens is 6. The van der Waals surface area contributed by atoms with E-state index in [-0.39, 0.29) is 23.0 Å². The van der Waals surface area contributed by atoms with Crippen LogP contribution in [0.1, 0.15) is 18.0 Å². The third kappa shape index (κ3) is 5.62. The minimum absolute atomic E-state index is 0. The maximum Gasteiger partial charge on any atom is 0.390 e. The first kappa shape index (κ1) is 18.5. The molecular weight excluding hydrogens is 331 g/mol. The number of nitrogens with zero attached hydrogens (tertiary/aromatic N) is 1. The lowest BCUT2D eigenvalue weighted by atomic mass is 10.0. The Balaban J connectivity index is 0.00000220. The van der Waals surface area contributed by atoms with Crippen molar-refractivity contribution in [3.05, 3.63) is 34.6 Å². The molecule has 1 fully saturated rings. The monoisotopic (exact) mass is 346 g/mol. The van der Waals surface area contributed by atoms with Crippen LogP contribution in [0.5, 0.6) is 0 Å². The molecule has 1 aromatic rings. The van der Waals surface area contributed by atoms with Gasteiger partial charge in [0.2, 0.25) is 0 Å². The van der Waals surface area contributed by atoms with E-state index in [1.807, 2.05) is 0 Å². The molecule has 0 bridgehead atoms. The van der Waals surface area contributed by atoms with Gasteiger partial charge in [0.15, 0.2) is 0 Å². The van der Waals surface area contributed by atoms with Crippen LogP contribution in [0.4, 0.5) is 17.6 Å². The van der Waals surface area contributed by atoms with Crippen molar-refractivity contribution in [1.29, 1.82) is 0 Å². The van der Waals surface area contributed by atoms with Crippen molar-refractivity contribution in [2.75, 3.05) is 26.2 Å². The van der Waals surface area contributed by atoms with Crippen LogP contribution in [0.3, 0.4) is 0 Å². The molecule has 21 heavy (non-hydrogen) atoms. The highest BCUT2D eigenvalue weighted by atomic mass is 35.5. The lowest BCUT2D eigenvalue weighted by molar-refractivity contribution is -0.148. The van der Waals surface area contributed by atoms with Crippen molar-refractivity contribution < 1.29 is 17.6 Å². The van der Waals surface area contributed by atoms with Gasteiger partial charge in [-0.25, -0.2) is 4.39 Å². The second-order valence-corrected chi connectivity index (χ2v) is 5.26. The van der Waals surface area contributed by atoms with E-state index in [1.165, 1.54) is 6.07 Å². The third-order valence-corrected chi connectivity index (χ3v) is 3.51. The van der Waals surface area contributed by atoms with Crippen molar-refractivity contribution >= 4 is 24.0 Å². The number of benzene rings is 1. The van der Waals surface area contributed by atoms with Crippen LogP contribution in [-0.4, -0.2) is 37.3 Å². The average Bonchev–Trinajstić information content (AvgIpc) is 2.35. The van der Waals surface area contributed by atoms with Crippen molar-refractivity contribution in [2.45, 2.75) is 18.6 Å². The molecule has 1 aromatic carbocycles. The minimum Gasteiger partial charge on any atom is -0.314 e. The van der Waals surface area contributed by atoms with E-state index >= 15 is 0 Å². The standard InChI is InChI=1S/C13H15ClF4N2.ClH/c14-10-5-9(6-11(15)7-10)12(8-13(16,17)18)20-3-1-19-2-4-20;/h5-7,12,19H,1-4,8H2;1H/t12-;/m1./s1. The summed E-state index contributed by atoms with van der Waals surface area (Å²) in [6.07, 6.45) is -5.32. The second kappa shape index (κ2) is 7.63. The Morgan fingerprint density at radius 1 is 1.19 bits per heavy atom. The highest BCUT2D eigenvalue weighted by Crippen LogP contribution is 2.35. The number of hydrogen-bond donors (Lipinski definition) is 1. The summed E-state index contributed by atoms with van der Waals surface area (Å²) < 4.78 is 51.7. The predicted molar refractivity (Wildman–Crippen MR) is 76.5 cm³/mol. The molecule has 0 radical (unpaired) electrons. The zero-order valence-electron chi connectivity index (χ0n) is 11.1. The third-order valence-electron chi connectivity index (χ3n) is 3.29. The van der Waals surface area contributed by atoms with Gasteiger partial charge in [-0.3, -0.25) is 4.90 Å². The summed E-state index contributed by atoms with van der Waals surface area (Å²) in [6.45, 7) is 2.23. The summed E-state index contributed by atoms with van der Waals surface area (Å²) in [6, 6.07) is 2.73. The van der Waals surface area contributed by atoms with E-state index in [2.05, 4.69) is 5.32 Å². The number of rotatable bonds is 3. The highest BCUT2D eigenvalue weighted by Gasteiger charge is 2.36. The maximum atomic E-state index is 13.4. The van der Waals surface area contributed by atoms with E-state index in [9.17, 15) is 17.6 Å². The molecule has 1 aliphatic heterocycles. The SMILES string of the molecule is Cl.Fc1cc(Cl)cc([C@@H](CC(F)(F)F)N2CCNCC2)c1. The molecule has 1 N–H and O–H groups in total. The Bertz CT molecular complexity index is 442. The molecule has 1 aliphatic rings. The molecule has 0 aromatic heterocycles. The number of piperazine rings is 1. The van der Waals surface area contributed by atoms with Gasteiger partial charge in [-0.2, -0.15) is 13.2 Å². The Morgan fingerprint density at radius 2 is 1.81 bits per heavy atom. The molecule has 0 saturated carbocycles. The fraction of sp³-hybridized carbons (Fsp3) is 0.538. The second-order valence-electron chi connectivity index (χ2n) is 4.82. The molecule has 0 unspecified atom stereocenters. The first-order chi connectivity index (χ1) is 9.35. The zero-order valence-corrected chi connectivity index (χ0v) is 12.7. The van der Waals surface area contributed by atoms with E-state index < -0.39 is 24.5 Å². The summed E-state index contributed by atoms with van der Waals surface area (Å²) in [5.41, 5.74) is 0.272. The number of nitrogens with one attached hydrogen (secondary N) is 1. The maximum absolute atomic E-state index is 13.4. The van der Waals surface area contributed by atoms with Gasteiger partial charge in [0, 0.05) is 37.2 Å². The van der Waals surface area contributed by atoms with E-state index in [0.29, 0.717) is 26.2 Å². The summed E-state index contributed by atoms with van der Waals surface area (Å²) >= 11 is 5.75. The molecule has 0 aliphatic carbocycles. The highest BCUT2D eigenvalue weighted by molar-refractivity contribution is 6.30. The Hall–Kier alpha value is -0.560. The first-order valence-corrected chi connectivity index (χ1v) is 6.70. The van der Waals surface area contributed by atoms with Crippen LogP contribution in [0.2, 0.25) is 5.02 Å². The topological polar surface area (TPSA) is 15.3 Å². The minimum atomic E-state index is -4.31. The lowest BCUT2D eigenvalue weighted by Crippen LogP contribution is -2.46. The lowest BCUT2D eigenvalue weighted by Gasteiger charge is -2.35. The quantitative estimate of drug-likeness (QED) is 0.837. The molecule has 120 valence electrons. The molecule has 1 saturated heterocycles. The van der Waals surface area contributed by atoms with Crippen LogP contribution < -0.4 is 5.32 Å². The fourth-order valence-electron chi connectivity index (χ4n) is 2.44. The van der Waals surface area contributed by atoms with Crippen LogP contribution >= 0.6 is 24.0 Å². The van der Waals surface area contributed by atoms with Gasteiger partial charge in [0.1, 0.15) is 5.82 Å². The van der Waals surface area contributed by atoms with E-state index in [0.717, 1.165) is 12.1 Å². The Morgan fingerprint density at radius 3 is 2.33 bits per heavy atom. The van der Waals surface area contributed by atoms with Gasteiger partial charge < -0.3 is 5.32 Å². The predicted octanol–water partition coefficient (Wildman–Crippen LogP) is 3.80. The summed E-state index contributed by atoms with van der Waals surface area (Å²) in [4.78, 5) is 1.72. The van der Waals surface area contributed by atoms with Gasteiger partial charge in [0.05, 0.1) is 6.42 Å². The molecule has 8 heteroatoms. The molecule has 2 nitrogen and oxygen atoms in total. The largest absolute Gasteiger partial charge is 0.390 e. The number of hydrogen-bond acceptors (Lipinski definition) is 2. The molecule has 2 rings (SSSR count). The normalized spacial score (nSPS) is 18.1. The number of alkyl halides is 3. The summed E-state index contributed by atoms with van der Waals surface area (Å²) in [5.74, 6) is -0.616. The molecule has 0 spiro atoms. The summed E-state index contributed by atoms with van der Waals surface area (Å²) in [5, 5.41) is 3.20. The Labute approximate surface area is 131 Å².